The molecule has 0 bridgehead atoms. The van der Waals surface area contributed by atoms with Gasteiger partial charge in [0.25, 0.3) is 0 Å². The molecule has 0 saturated carbocycles. The van der Waals surface area contributed by atoms with Crippen LogP contribution in [0.5, 0.6) is 0 Å². The third kappa shape index (κ3) is 8.84. The molecule has 24 valence electrons. The zero-order valence-electron chi connectivity index (χ0n) is 0.816. The van der Waals surface area contributed by atoms with Crippen LogP contribution in [-0.4, -0.2) is 91.0 Å². The summed E-state index contributed by atoms with van der Waals surface area (Å²) < 4.78 is 0. The van der Waals surface area contributed by atoms with Crippen LogP contribution in [0.25, 0.3) is 0 Å². The van der Waals surface area contributed by atoms with Crippen LogP contribution in [0, 0.1) is 0 Å². The van der Waals surface area contributed by atoms with Gasteiger partial charge in [-0.3, -0.25) is 9.41 Å². The number of rotatable bonds is 0. The second kappa shape index (κ2) is 17.0. The van der Waals surface area contributed by atoms with Gasteiger partial charge in [0.2, 0.25) is 0 Å². The Hall–Kier alpha value is 2.82. The fraction of sp³-hybridized carbons (Fsp3) is 0. The summed E-state index contributed by atoms with van der Waals surface area (Å²) in [5.74, 6) is 0. The minimum absolute atomic E-state index is 0. The molecule has 0 aromatic heterocycles. The molecule has 0 aromatic rings. The van der Waals surface area contributed by atoms with E-state index in [1.54, 1.807) is 0 Å². The van der Waals surface area contributed by atoms with Crippen molar-refractivity contribution in [2.45, 2.75) is 0 Å². The molecule has 0 atom stereocenters. The van der Waals surface area contributed by atoms with Gasteiger partial charge in [0.1, 0.15) is 0 Å². The Bertz CT molecular complexity index is 4.00. The average Bonchev–Trinajstić information content (AvgIpc) is 0. The molecule has 0 heterocycles. The molecule has 0 aliphatic carbocycles. The Morgan fingerprint density at radius 1 is 0.500 bits per heavy atom. The summed E-state index contributed by atoms with van der Waals surface area (Å²) >= 11 is 0. The van der Waals surface area contributed by atoms with Gasteiger partial charge in [-0.25, -0.2) is 0 Å². The van der Waals surface area contributed by atoms with Crippen molar-refractivity contribution in [2.75, 3.05) is 0 Å². The van der Waals surface area contributed by atoms with Crippen LogP contribution in [0.15, 0.2) is 0 Å². The molecular weight excluding hydrogens is 213 g/mol. The van der Waals surface area contributed by atoms with Gasteiger partial charge in [-0.05, 0) is 0 Å². The van der Waals surface area contributed by atoms with Crippen LogP contribution in [0.1, 0.15) is 0 Å². The van der Waals surface area contributed by atoms with Gasteiger partial charge in [0.15, 0.2) is 0 Å². The van der Waals surface area contributed by atoms with E-state index in [0.717, 1.165) is 0 Å². The van der Waals surface area contributed by atoms with Crippen LogP contribution < -0.4 is 0 Å². The molecule has 0 aliphatic heterocycles. The first kappa shape index (κ1) is 29.0. The first-order valence-corrected chi connectivity index (χ1v) is 0. The summed E-state index contributed by atoms with van der Waals surface area (Å²) in [6, 6.07) is 0. The predicted octanol–water partition coefficient (Wildman–Crippen LogP) is -1.53. The zero-order chi connectivity index (χ0) is 0. The third-order valence-electron chi connectivity index (χ3n) is 0. The Morgan fingerprint density at radius 3 is 0.500 bits per heavy atom. The normalized spacial score (nSPS) is 0. The van der Waals surface area contributed by atoms with Crippen molar-refractivity contribution < 1.29 is 9.41 Å². The molecule has 0 saturated heterocycles. The fourth-order valence-electron chi connectivity index (χ4n) is 0. The number of hydrogen-bond acceptors (Lipinski definition) is 0. The molecule has 0 N–H and O–H groups in total. The molecule has 0 spiro atoms. The number of hydrogen-bond donors (Lipinski definition) is 0. The van der Waals surface area contributed by atoms with Gasteiger partial charge in [0, 0.05) is 0 Å². The van der Waals surface area contributed by atoms with Crippen molar-refractivity contribution in [3.63, 3.8) is 0 Å². The molecule has 0 aliphatic rings. The summed E-state index contributed by atoms with van der Waals surface area (Å²) in [5, 5.41) is 0. The van der Waals surface area contributed by atoms with Crippen molar-refractivity contribution in [1.82, 2.24) is 0 Å². The van der Waals surface area contributed by atoms with Gasteiger partial charge >= 0.3 is 91.0 Å². The van der Waals surface area contributed by atoms with Crippen LogP contribution in [0.3, 0.4) is 0 Å². The molecule has 0 rings (SSSR count). The second-order valence-electron chi connectivity index (χ2n) is 0. The summed E-state index contributed by atoms with van der Waals surface area (Å²) in [4.78, 5) is 0. The Balaban J connectivity index is 0. The van der Waals surface area contributed by atoms with Gasteiger partial charge in [-0.2, -0.15) is 0 Å². The predicted molar refractivity (Wildman–Crippen MR) is 22.1 cm³/mol. The number of halogens is 2. The molecule has 0 unspecified atom stereocenters. The summed E-state index contributed by atoms with van der Waals surface area (Å²) in [6.07, 6.45) is 0. The van der Waals surface area contributed by atoms with Gasteiger partial charge in [-0.1, -0.05) is 0 Å². The molecule has 4 heteroatoms. The van der Waals surface area contributed by atoms with Crippen LogP contribution in [0.2, 0.25) is 0 Å². The standard InChI is InChI=1S/2FH.2Sr.4H/h2*1H;;;;;;. The monoisotopic (exact) mass is 220 g/mol. The van der Waals surface area contributed by atoms with Gasteiger partial charge < -0.3 is 0 Å². The Morgan fingerprint density at radius 2 is 0.500 bits per heavy atom. The average molecular weight is 219 g/mol. The summed E-state index contributed by atoms with van der Waals surface area (Å²) in [5.41, 5.74) is 0. The van der Waals surface area contributed by atoms with E-state index in [1.807, 2.05) is 0 Å². The second-order valence-corrected chi connectivity index (χ2v) is 0. The van der Waals surface area contributed by atoms with E-state index >= 15 is 0 Å². The van der Waals surface area contributed by atoms with E-state index in [0.29, 0.717) is 0 Å². The zero-order valence-corrected chi connectivity index (χ0v) is 0.816. The van der Waals surface area contributed by atoms with Crippen LogP contribution in [-0.2, 0) is 0 Å². The van der Waals surface area contributed by atoms with E-state index in [9.17, 15) is 0 Å². The molecular formula is H6F2Sr2. The molecule has 0 radical (unpaired) electrons. The minimum atomic E-state index is 0. The van der Waals surface area contributed by atoms with E-state index in [-0.39, 0.29) is 100 Å². The topological polar surface area (TPSA) is 0 Å². The maximum absolute atomic E-state index is 0. The molecule has 0 nitrogen and oxygen atoms in total. The van der Waals surface area contributed by atoms with Crippen molar-refractivity contribution in [3.8, 4) is 0 Å². The van der Waals surface area contributed by atoms with E-state index < -0.39 is 0 Å². The SMILES string of the molecule is F.F.[SrH2].[SrH2]. The maximum atomic E-state index is 0. The van der Waals surface area contributed by atoms with E-state index in [4.69, 9.17) is 0 Å². The van der Waals surface area contributed by atoms with E-state index in [1.165, 1.54) is 0 Å². The first-order valence-electron chi connectivity index (χ1n) is 0. The van der Waals surface area contributed by atoms with Crippen LogP contribution in [0.4, 0.5) is 9.41 Å². The van der Waals surface area contributed by atoms with Crippen molar-refractivity contribution in [2.24, 2.45) is 0 Å². The summed E-state index contributed by atoms with van der Waals surface area (Å²) in [7, 11) is 0. The van der Waals surface area contributed by atoms with Crippen LogP contribution >= 0.6 is 0 Å². The van der Waals surface area contributed by atoms with Crippen molar-refractivity contribution in [1.29, 1.82) is 0 Å². The van der Waals surface area contributed by atoms with Gasteiger partial charge in [-0.15, -0.1) is 0 Å². The third-order valence-corrected chi connectivity index (χ3v) is 0. The molecule has 0 aromatic carbocycles. The van der Waals surface area contributed by atoms with E-state index in [2.05, 4.69) is 0 Å². The fourth-order valence-corrected chi connectivity index (χ4v) is 0. The van der Waals surface area contributed by atoms with Crippen molar-refractivity contribution >= 4 is 91.0 Å². The Kier molecular flexibility index (Phi) is 123. The van der Waals surface area contributed by atoms with Gasteiger partial charge in [0.05, 0.1) is 0 Å². The molecule has 4 heavy (non-hydrogen) atoms. The molecule has 0 amide bonds. The summed E-state index contributed by atoms with van der Waals surface area (Å²) in [6.45, 7) is 0. The van der Waals surface area contributed by atoms with Crippen molar-refractivity contribution in [3.05, 3.63) is 0 Å². The Labute approximate surface area is 97.6 Å². The quantitative estimate of drug-likeness (QED) is 0.434. The first-order chi connectivity index (χ1) is 0. The molecule has 0 fully saturated rings.